The highest BCUT2D eigenvalue weighted by atomic mass is 127. The van der Waals surface area contributed by atoms with Gasteiger partial charge in [0.25, 0.3) is 0 Å². The minimum Gasteiger partial charge on any atom is -0.236 e. The van der Waals surface area contributed by atoms with Crippen LogP contribution in [0.3, 0.4) is 0 Å². The Morgan fingerprint density at radius 3 is 2.40 bits per heavy atom. The van der Waals surface area contributed by atoms with Crippen molar-refractivity contribution < 1.29 is 0 Å². The second kappa shape index (κ2) is 6.85. The standard InChI is InChI=1S/C16H18ClIN2/c1-10(2)8-13-15(18)16(17)20-14(19-13)9-12-6-4-11(3)5-7-12/h4-7,10H,8-9H2,1-3H3. The lowest BCUT2D eigenvalue weighted by atomic mass is 10.1. The molecule has 4 heteroatoms. The maximum absolute atomic E-state index is 6.24. The summed E-state index contributed by atoms with van der Waals surface area (Å²) in [5, 5.41) is 0.568. The summed E-state index contributed by atoms with van der Waals surface area (Å²) < 4.78 is 0.977. The average molecular weight is 401 g/mol. The molecule has 106 valence electrons. The molecule has 0 spiro atoms. The van der Waals surface area contributed by atoms with E-state index in [-0.39, 0.29) is 0 Å². The first-order valence-electron chi connectivity index (χ1n) is 6.72. The molecule has 2 nitrogen and oxygen atoms in total. The summed E-state index contributed by atoms with van der Waals surface area (Å²) in [7, 11) is 0. The van der Waals surface area contributed by atoms with Crippen LogP contribution >= 0.6 is 34.2 Å². The van der Waals surface area contributed by atoms with Gasteiger partial charge in [-0.05, 0) is 47.4 Å². The zero-order chi connectivity index (χ0) is 14.7. The van der Waals surface area contributed by atoms with Crippen LogP contribution in [0.5, 0.6) is 0 Å². The lowest BCUT2D eigenvalue weighted by Crippen LogP contribution is -2.07. The number of hydrogen-bond donors (Lipinski definition) is 0. The van der Waals surface area contributed by atoms with Crippen LogP contribution in [-0.2, 0) is 12.8 Å². The van der Waals surface area contributed by atoms with Gasteiger partial charge in [0.1, 0.15) is 11.0 Å². The first-order chi connectivity index (χ1) is 9.45. The first-order valence-corrected chi connectivity index (χ1v) is 8.17. The van der Waals surface area contributed by atoms with Gasteiger partial charge in [-0.15, -0.1) is 0 Å². The molecule has 0 radical (unpaired) electrons. The number of halogens is 2. The predicted molar refractivity (Wildman–Crippen MR) is 92.3 cm³/mol. The van der Waals surface area contributed by atoms with E-state index in [0.717, 1.165) is 27.9 Å². The summed E-state index contributed by atoms with van der Waals surface area (Å²) in [6, 6.07) is 8.46. The molecule has 2 aromatic rings. The second-order valence-corrected chi connectivity index (χ2v) is 6.89. The highest BCUT2D eigenvalue weighted by Crippen LogP contribution is 2.22. The topological polar surface area (TPSA) is 25.8 Å². The number of aromatic nitrogens is 2. The monoisotopic (exact) mass is 400 g/mol. The predicted octanol–water partition coefficient (Wildman–Crippen LogP) is 4.83. The first kappa shape index (κ1) is 15.7. The molecule has 0 bridgehead atoms. The fourth-order valence-electron chi connectivity index (χ4n) is 2.00. The van der Waals surface area contributed by atoms with Gasteiger partial charge in [-0.25, -0.2) is 9.97 Å². The second-order valence-electron chi connectivity index (χ2n) is 5.45. The Hall–Kier alpha value is -0.680. The van der Waals surface area contributed by atoms with Gasteiger partial charge < -0.3 is 0 Å². The highest BCUT2D eigenvalue weighted by Gasteiger charge is 2.12. The largest absolute Gasteiger partial charge is 0.236 e. The molecule has 2 rings (SSSR count). The Balaban J connectivity index is 2.27. The van der Waals surface area contributed by atoms with E-state index in [2.05, 4.69) is 77.6 Å². The van der Waals surface area contributed by atoms with Gasteiger partial charge in [0.2, 0.25) is 0 Å². The molecule has 0 aliphatic rings. The molecule has 20 heavy (non-hydrogen) atoms. The van der Waals surface area contributed by atoms with E-state index in [1.165, 1.54) is 11.1 Å². The molecule has 0 unspecified atom stereocenters. The van der Waals surface area contributed by atoms with E-state index in [4.69, 9.17) is 11.6 Å². The fraction of sp³-hybridized carbons (Fsp3) is 0.375. The van der Waals surface area contributed by atoms with Crippen molar-refractivity contribution >= 4 is 34.2 Å². The summed E-state index contributed by atoms with van der Waals surface area (Å²) in [5.74, 6) is 1.36. The van der Waals surface area contributed by atoms with Gasteiger partial charge in [0, 0.05) is 6.42 Å². The number of benzene rings is 1. The van der Waals surface area contributed by atoms with Gasteiger partial charge in [0.05, 0.1) is 9.26 Å². The van der Waals surface area contributed by atoms with Crippen molar-refractivity contribution in [3.05, 3.63) is 55.6 Å². The molecule has 0 fully saturated rings. The number of aryl methyl sites for hydroxylation is 1. The van der Waals surface area contributed by atoms with Crippen LogP contribution in [-0.4, -0.2) is 9.97 Å². The lowest BCUT2D eigenvalue weighted by Gasteiger charge is -2.10. The van der Waals surface area contributed by atoms with Gasteiger partial charge in [-0.1, -0.05) is 55.3 Å². The molecule has 1 aromatic heterocycles. The van der Waals surface area contributed by atoms with Crippen LogP contribution in [0.25, 0.3) is 0 Å². The van der Waals surface area contributed by atoms with Gasteiger partial charge >= 0.3 is 0 Å². The Bertz CT molecular complexity index is 594. The Morgan fingerprint density at radius 1 is 1.15 bits per heavy atom. The van der Waals surface area contributed by atoms with E-state index in [1.807, 2.05) is 0 Å². The van der Waals surface area contributed by atoms with Crippen LogP contribution < -0.4 is 0 Å². The summed E-state index contributed by atoms with van der Waals surface area (Å²) in [4.78, 5) is 9.09. The zero-order valence-corrected chi connectivity index (χ0v) is 14.9. The van der Waals surface area contributed by atoms with Crippen LogP contribution in [0.1, 0.15) is 36.5 Å². The average Bonchev–Trinajstić information content (AvgIpc) is 2.37. The third-order valence-corrected chi connectivity index (χ3v) is 4.74. The van der Waals surface area contributed by atoms with Gasteiger partial charge in [-0.3, -0.25) is 0 Å². The lowest BCUT2D eigenvalue weighted by molar-refractivity contribution is 0.628. The minimum absolute atomic E-state index is 0.557. The maximum atomic E-state index is 6.24. The molecule has 0 aliphatic heterocycles. The fourth-order valence-corrected chi connectivity index (χ4v) is 2.67. The summed E-state index contributed by atoms with van der Waals surface area (Å²) in [6.45, 7) is 6.46. The van der Waals surface area contributed by atoms with Crippen molar-refractivity contribution in [3.63, 3.8) is 0 Å². The maximum Gasteiger partial charge on any atom is 0.146 e. The van der Waals surface area contributed by atoms with Crippen molar-refractivity contribution in [2.75, 3.05) is 0 Å². The molecule has 1 heterocycles. The normalized spacial score (nSPS) is 11.1. The van der Waals surface area contributed by atoms with Gasteiger partial charge in [-0.2, -0.15) is 0 Å². The van der Waals surface area contributed by atoms with Crippen LogP contribution in [0, 0.1) is 16.4 Å². The molecule has 0 amide bonds. The van der Waals surface area contributed by atoms with E-state index < -0.39 is 0 Å². The summed E-state index contributed by atoms with van der Waals surface area (Å²) in [6.07, 6.45) is 1.66. The number of rotatable bonds is 4. The van der Waals surface area contributed by atoms with E-state index >= 15 is 0 Å². The Kier molecular flexibility index (Phi) is 5.38. The van der Waals surface area contributed by atoms with Crippen molar-refractivity contribution in [1.29, 1.82) is 0 Å². The molecule has 0 aliphatic carbocycles. The van der Waals surface area contributed by atoms with Crippen molar-refractivity contribution in [3.8, 4) is 0 Å². The Labute approximate surface area is 139 Å². The minimum atomic E-state index is 0.557. The van der Waals surface area contributed by atoms with Crippen LogP contribution in [0.15, 0.2) is 24.3 Å². The molecule has 0 saturated carbocycles. The smallest absolute Gasteiger partial charge is 0.146 e. The third kappa shape index (κ3) is 4.16. The third-order valence-electron chi connectivity index (χ3n) is 3.01. The van der Waals surface area contributed by atoms with E-state index in [0.29, 0.717) is 11.1 Å². The molecule has 1 aromatic carbocycles. The molecular formula is C16H18ClIN2. The van der Waals surface area contributed by atoms with Gasteiger partial charge in [0.15, 0.2) is 0 Å². The van der Waals surface area contributed by atoms with Crippen molar-refractivity contribution in [2.45, 2.75) is 33.6 Å². The van der Waals surface area contributed by atoms with Crippen molar-refractivity contribution in [2.24, 2.45) is 5.92 Å². The van der Waals surface area contributed by atoms with E-state index in [9.17, 15) is 0 Å². The summed E-state index contributed by atoms with van der Waals surface area (Å²) >= 11 is 8.47. The Morgan fingerprint density at radius 2 is 1.80 bits per heavy atom. The quantitative estimate of drug-likeness (QED) is 0.542. The molecular weight excluding hydrogens is 383 g/mol. The highest BCUT2D eigenvalue weighted by molar-refractivity contribution is 14.1. The molecule has 0 saturated heterocycles. The SMILES string of the molecule is Cc1ccc(Cc2nc(Cl)c(I)c(CC(C)C)n2)cc1. The van der Waals surface area contributed by atoms with Crippen LogP contribution in [0.2, 0.25) is 5.15 Å². The van der Waals surface area contributed by atoms with Crippen LogP contribution in [0.4, 0.5) is 0 Å². The summed E-state index contributed by atoms with van der Waals surface area (Å²) in [5.41, 5.74) is 3.53. The van der Waals surface area contributed by atoms with Crippen molar-refractivity contribution in [1.82, 2.24) is 9.97 Å². The molecule has 0 atom stereocenters. The zero-order valence-electron chi connectivity index (χ0n) is 12.0. The van der Waals surface area contributed by atoms with E-state index in [1.54, 1.807) is 0 Å². The number of hydrogen-bond acceptors (Lipinski definition) is 2. The molecule has 0 N–H and O–H groups in total. The number of nitrogens with zero attached hydrogens (tertiary/aromatic N) is 2.